The van der Waals surface area contributed by atoms with Gasteiger partial charge in [0.05, 0.1) is 17.6 Å². The molecule has 34 heavy (non-hydrogen) atoms. The molecule has 0 radical (unpaired) electrons. The number of likely N-dealkylation sites (N-methyl/N-ethyl adjacent to an activating group) is 1. The van der Waals surface area contributed by atoms with Crippen LogP contribution in [-0.2, 0) is 11.2 Å². The summed E-state index contributed by atoms with van der Waals surface area (Å²) in [6.45, 7) is 4.87. The van der Waals surface area contributed by atoms with E-state index < -0.39 is 12.7 Å². The predicted molar refractivity (Wildman–Crippen MR) is 129 cm³/mol. The lowest BCUT2D eigenvalue weighted by atomic mass is 10.1. The SMILES string of the molecule is CN1CCN(CCc2ccc(NC(=O)c3ccc4nc(C(O)CO)[nH]c4c3)cc2)CC1.O=CO. The van der Waals surface area contributed by atoms with Crippen LogP contribution >= 0.6 is 0 Å². The number of hydrogen-bond donors (Lipinski definition) is 5. The molecule has 1 fully saturated rings. The second-order valence-corrected chi connectivity index (χ2v) is 8.20. The van der Waals surface area contributed by atoms with Crippen LogP contribution in [0.1, 0.15) is 27.8 Å². The number of nitrogens with one attached hydrogen (secondary N) is 2. The van der Waals surface area contributed by atoms with Crippen LogP contribution in [0.4, 0.5) is 5.69 Å². The normalized spacial score (nSPS) is 15.4. The van der Waals surface area contributed by atoms with Crippen molar-refractivity contribution in [2.45, 2.75) is 12.5 Å². The van der Waals surface area contributed by atoms with Gasteiger partial charge in [-0.1, -0.05) is 12.1 Å². The van der Waals surface area contributed by atoms with Crippen molar-refractivity contribution in [2.75, 3.05) is 51.7 Å². The van der Waals surface area contributed by atoms with Gasteiger partial charge in [0, 0.05) is 44.0 Å². The molecule has 0 aliphatic carbocycles. The molecule has 0 saturated carbocycles. The van der Waals surface area contributed by atoms with Gasteiger partial charge < -0.3 is 35.4 Å². The van der Waals surface area contributed by atoms with Crippen molar-refractivity contribution in [1.29, 1.82) is 0 Å². The van der Waals surface area contributed by atoms with E-state index >= 15 is 0 Å². The van der Waals surface area contributed by atoms with E-state index in [1.807, 2.05) is 12.1 Å². The monoisotopic (exact) mass is 469 g/mol. The van der Waals surface area contributed by atoms with Crippen molar-refractivity contribution in [1.82, 2.24) is 19.8 Å². The molecule has 10 heteroatoms. The van der Waals surface area contributed by atoms with Crippen LogP contribution in [0.15, 0.2) is 42.5 Å². The van der Waals surface area contributed by atoms with Gasteiger partial charge in [-0.3, -0.25) is 9.59 Å². The lowest BCUT2D eigenvalue weighted by Crippen LogP contribution is -2.45. The third-order valence-electron chi connectivity index (χ3n) is 5.78. The number of amides is 1. The van der Waals surface area contributed by atoms with Crippen LogP contribution in [0.5, 0.6) is 0 Å². The zero-order chi connectivity index (χ0) is 24.5. The Bertz CT molecular complexity index is 1080. The number of hydrogen-bond acceptors (Lipinski definition) is 7. The zero-order valence-corrected chi connectivity index (χ0v) is 19.1. The number of aliphatic hydroxyl groups excluding tert-OH is 2. The number of carboxylic acid groups (broad SMARTS) is 1. The quantitative estimate of drug-likeness (QED) is 0.326. The summed E-state index contributed by atoms with van der Waals surface area (Å²) in [5.41, 5.74) is 3.75. The standard InChI is InChI=1S/C23H29N5O3.CH2O2/c1-27-10-12-28(13-11-27)9-8-16-2-5-18(6-3-16)24-23(31)17-4-7-19-20(14-17)26-22(25-19)21(30)15-29;2-1-3/h2-7,14,21,29-30H,8-13,15H2,1H3,(H,24,31)(H,25,26);1H,(H,2,3). The van der Waals surface area contributed by atoms with Gasteiger partial charge >= 0.3 is 0 Å². The van der Waals surface area contributed by atoms with E-state index in [1.54, 1.807) is 18.2 Å². The average Bonchev–Trinajstić information content (AvgIpc) is 3.28. The molecule has 0 bridgehead atoms. The molecule has 1 unspecified atom stereocenters. The van der Waals surface area contributed by atoms with Crippen molar-refractivity contribution in [3.63, 3.8) is 0 Å². The topological polar surface area (TPSA) is 142 Å². The first kappa shape index (κ1) is 25.3. The minimum Gasteiger partial charge on any atom is -0.483 e. The fourth-order valence-electron chi connectivity index (χ4n) is 3.73. The van der Waals surface area contributed by atoms with Crippen LogP contribution in [0.25, 0.3) is 11.0 Å². The third-order valence-corrected chi connectivity index (χ3v) is 5.78. The highest BCUT2D eigenvalue weighted by molar-refractivity contribution is 6.05. The highest BCUT2D eigenvalue weighted by Gasteiger charge is 2.15. The molecule has 5 N–H and O–H groups in total. The predicted octanol–water partition coefficient (Wildman–Crippen LogP) is 1.33. The zero-order valence-electron chi connectivity index (χ0n) is 19.1. The molecular weight excluding hydrogens is 438 g/mol. The van der Waals surface area contributed by atoms with Crippen molar-refractivity contribution in [3.8, 4) is 0 Å². The fraction of sp³-hybridized carbons (Fsp3) is 0.375. The van der Waals surface area contributed by atoms with E-state index in [9.17, 15) is 9.90 Å². The van der Waals surface area contributed by atoms with Gasteiger partial charge in [0.15, 0.2) is 0 Å². The van der Waals surface area contributed by atoms with Crippen molar-refractivity contribution >= 4 is 29.1 Å². The summed E-state index contributed by atoms with van der Waals surface area (Å²) >= 11 is 0. The van der Waals surface area contributed by atoms with Crippen molar-refractivity contribution in [2.24, 2.45) is 0 Å². The molecule has 1 atom stereocenters. The Labute approximate surface area is 197 Å². The number of aromatic amines is 1. The second-order valence-electron chi connectivity index (χ2n) is 8.20. The van der Waals surface area contributed by atoms with E-state index in [1.165, 1.54) is 5.56 Å². The Hall–Kier alpha value is -3.31. The summed E-state index contributed by atoms with van der Waals surface area (Å²) in [5, 5.41) is 28.6. The number of imidazole rings is 1. The van der Waals surface area contributed by atoms with Gasteiger partial charge in [0.25, 0.3) is 12.4 Å². The summed E-state index contributed by atoms with van der Waals surface area (Å²) in [7, 11) is 2.16. The molecule has 1 aliphatic rings. The Morgan fingerprint density at radius 1 is 1.18 bits per heavy atom. The van der Waals surface area contributed by atoms with Gasteiger partial charge in [-0.2, -0.15) is 0 Å². The van der Waals surface area contributed by atoms with Crippen LogP contribution in [0, 0.1) is 0 Å². The molecule has 2 aromatic carbocycles. The molecule has 3 aromatic rings. The molecule has 0 spiro atoms. The number of aliphatic hydroxyl groups is 2. The first-order valence-electron chi connectivity index (χ1n) is 11.1. The third kappa shape index (κ3) is 6.84. The van der Waals surface area contributed by atoms with Crippen LogP contribution in [-0.4, -0.2) is 93.8 Å². The molecular formula is C24H31N5O5. The van der Waals surface area contributed by atoms with Crippen molar-refractivity contribution in [3.05, 3.63) is 59.4 Å². The van der Waals surface area contributed by atoms with E-state index in [2.05, 4.69) is 44.3 Å². The number of fused-ring (bicyclic) bond motifs is 1. The smallest absolute Gasteiger partial charge is 0.290 e. The molecule has 182 valence electrons. The highest BCUT2D eigenvalue weighted by atomic mass is 16.3. The van der Waals surface area contributed by atoms with Crippen LogP contribution in [0.2, 0.25) is 0 Å². The van der Waals surface area contributed by atoms with Crippen LogP contribution in [0.3, 0.4) is 0 Å². The Balaban J connectivity index is 0.00000103. The minimum atomic E-state index is -1.07. The summed E-state index contributed by atoms with van der Waals surface area (Å²) in [6.07, 6.45) is -0.0735. The molecule has 4 rings (SSSR count). The molecule has 2 heterocycles. The summed E-state index contributed by atoms with van der Waals surface area (Å²) in [6, 6.07) is 13.1. The van der Waals surface area contributed by atoms with E-state index in [-0.39, 0.29) is 18.2 Å². The second kappa shape index (κ2) is 12.2. The van der Waals surface area contributed by atoms with Crippen LogP contribution < -0.4 is 5.32 Å². The van der Waals surface area contributed by atoms with Crippen molar-refractivity contribution < 1.29 is 24.9 Å². The van der Waals surface area contributed by atoms with Gasteiger partial charge in [0.1, 0.15) is 11.9 Å². The minimum absolute atomic E-state index is 0.217. The number of anilines is 1. The number of H-pyrrole nitrogens is 1. The molecule has 1 saturated heterocycles. The number of piperazine rings is 1. The summed E-state index contributed by atoms with van der Waals surface area (Å²) in [4.78, 5) is 33.0. The molecule has 10 nitrogen and oxygen atoms in total. The van der Waals surface area contributed by atoms with Gasteiger partial charge in [-0.15, -0.1) is 0 Å². The van der Waals surface area contributed by atoms with Gasteiger partial charge in [-0.05, 0) is 49.4 Å². The molecule has 1 aliphatic heterocycles. The highest BCUT2D eigenvalue weighted by Crippen LogP contribution is 2.19. The number of benzene rings is 2. The average molecular weight is 470 g/mol. The first-order chi connectivity index (χ1) is 16.4. The lowest BCUT2D eigenvalue weighted by Gasteiger charge is -2.32. The number of carbonyl (C=O) groups excluding carboxylic acids is 1. The Morgan fingerprint density at radius 3 is 2.50 bits per heavy atom. The van der Waals surface area contributed by atoms with E-state index in [0.29, 0.717) is 16.6 Å². The number of aromatic nitrogens is 2. The maximum Gasteiger partial charge on any atom is 0.290 e. The Kier molecular flexibility index (Phi) is 9.11. The number of rotatable bonds is 7. The maximum absolute atomic E-state index is 12.7. The maximum atomic E-state index is 12.7. The molecule has 1 amide bonds. The fourth-order valence-corrected chi connectivity index (χ4v) is 3.73. The Morgan fingerprint density at radius 2 is 1.85 bits per heavy atom. The number of carbonyl (C=O) groups is 2. The van der Waals surface area contributed by atoms with Gasteiger partial charge in [0.2, 0.25) is 0 Å². The molecule has 1 aromatic heterocycles. The van der Waals surface area contributed by atoms with Gasteiger partial charge in [-0.25, -0.2) is 4.98 Å². The summed E-state index contributed by atoms with van der Waals surface area (Å²) < 4.78 is 0. The first-order valence-corrected chi connectivity index (χ1v) is 11.1. The van der Waals surface area contributed by atoms with E-state index in [4.69, 9.17) is 15.0 Å². The largest absolute Gasteiger partial charge is 0.483 e. The lowest BCUT2D eigenvalue weighted by molar-refractivity contribution is -0.122. The van der Waals surface area contributed by atoms with E-state index in [0.717, 1.165) is 44.8 Å². The summed E-state index contributed by atoms with van der Waals surface area (Å²) in [5.74, 6) is 0.0631. The number of nitrogens with zero attached hydrogens (tertiary/aromatic N) is 3.